The summed E-state index contributed by atoms with van der Waals surface area (Å²) in [6.07, 6.45) is 9.38. The Morgan fingerprint density at radius 2 is 1.97 bits per heavy atom. The number of esters is 1. The molecule has 0 radical (unpaired) electrons. The van der Waals surface area contributed by atoms with Crippen molar-refractivity contribution in [2.45, 2.75) is 45.8 Å². The number of carbonyl (C=O) groups is 1. The van der Waals surface area contributed by atoms with Crippen LogP contribution in [0.3, 0.4) is 0 Å². The zero-order valence-electron chi connectivity index (χ0n) is 17.9. The number of ether oxygens (including phenoxy) is 1. The van der Waals surface area contributed by atoms with E-state index < -0.39 is 5.41 Å². The first-order valence-corrected chi connectivity index (χ1v) is 10.7. The Hall–Kier alpha value is -3.29. The topological polar surface area (TPSA) is 86.0 Å². The molecule has 8 nitrogen and oxygen atoms in total. The van der Waals surface area contributed by atoms with Crippen molar-refractivity contribution < 1.29 is 9.53 Å². The molecule has 8 heteroatoms. The molecule has 5 heterocycles. The van der Waals surface area contributed by atoms with Crippen molar-refractivity contribution in [1.82, 2.24) is 24.5 Å². The van der Waals surface area contributed by atoms with Crippen LogP contribution in [0, 0.1) is 19.3 Å². The molecule has 0 aliphatic carbocycles. The zero-order chi connectivity index (χ0) is 21.4. The van der Waals surface area contributed by atoms with Gasteiger partial charge in [0.2, 0.25) is 5.95 Å². The Morgan fingerprint density at radius 1 is 1.13 bits per heavy atom. The molecule has 2 aliphatic heterocycles. The highest BCUT2D eigenvalue weighted by Crippen LogP contribution is 2.44. The highest BCUT2D eigenvalue weighted by atomic mass is 16.6. The van der Waals surface area contributed by atoms with Gasteiger partial charge in [0.1, 0.15) is 6.10 Å². The molecule has 0 amide bonds. The highest BCUT2D eigenvalue weighted by molar-refractivity contribution is 5.79. The van der Waals surface area contributed by atoms with Crippen molar-refractivity contribution in [3.05, 3.63) is 54.5 Å². The molecule has 3 aromatic rings. The summed E-state index contributed by atoms with van der Waals surface area (Å²) >= 11 is 0. The van der Waals surface area contributed by atoms with E-state index in [9.17, 15) is 4.79 Å². The van der Waals surface area contributed by atoms with Gasteiger partial charge in [-0.1, -0.05) is 0 Å². The first-order chi connectivity index (χ1) is 15.0. The van der Waals surface area contributed by atoms with Gasteiger partial charge in [-0.2, -0.15) is 0 Å². The summed E-state index contributed by atoms with van der Waals surface area (Å²) in [6, 6.07) is 5.98. The van der Waals surface area contributed by atoms with Gasteiger partial charge in [-0.25, -0.2) is 15.0 Å². The third-order valence-corrected chi connectivity index (χ3v) is 6.45. The van der Waals surface area contributed by atoms with E-state index in [1.54, 1.807) is 18.7 Å². The summed E-state index contributed by atoms with van der Waals surface area (Å²) in [4.78, 5) is 32.8. The first kappa shape index (κ1) is 19.7. The Morgan fingerprint density at radius 3 is 2.71 bits per heavy atom. The third kappa shape index (κ3) is 3.78. The predicted molar refractivity (Wildman–Crippen MR) is 115 cm³/mol. The number of rotatable bonds is 4. The van der Waals surface area contributed by atoms with Gasteiger partial charge >= 0.3 is 5.97 Å². The van der Waals surface area contributed by atoms with Gasteiger partial charge < -0.3 is 14.2 Å². The Bertz CT molecular complexity index is 1090. The van der Waals surface area contributed by atoms with Crippen LogP contribution in [0.2, 0.25) is 0 Å². The molecular weight excluding hydrogens is 392 g/mol. The number of nitrogens with zero attached hydrogens (tertiary/aromatic N) is 6. The number of imidazole rings is 1. The van der Waals surface area contributed by atoms with Gasteiger partial charge in [0.25, 0.3) is 0 Å². The van der Waals surface area contributed by atoms with Crippen LogP contribution in [0.15, 0.2) is 43.1 Å². The lowest BCUT2D eigenvalue weighted by atomic mass is 9.76. The molecule has 1 spiro atoms. The van der Waals surface area contributed by atoms with Gasteiger partial charge in [-0.3, -0.25) is 9.78 Å². The van der Waals surface area contributed by atoms with E-state index >= 15 is 0 Å². The van der Waals surface area contributed by atoms with Crippen LogP contribution < -0.4 is 4.90 Å². The van der Waals surface area contributed by atoms with E-state index in [0.29, 0.717) is 12.5 Å². The van der Waals surface area contributed by atoms with Crippen molar-refractivity contribution in [2.75, 3.05) is 18.0 Å². The summed E-state index contributed by atoms with van der Waals surface area (Å²) < 4.78 is 7.69. The quantitative estimate of drug-likeness (QED) is 0.602. The minimum absolute atomic E-state index is 0.0618. The molecule has 0 aromatic carbocycles. The fourth-order valence-corrected chi connectivity index (χ4v) is 4.72. The molecule has 5 rings (SSSR count). The number of piperidine rings is 1. The second kappa shape index (κ2) is 7.76. The third-order valence-electron chi connectivity index (χ3n) is 6.45. The molecule has 160 valence electrons. The predicted octanol–water partition coefficient (Wildman–Crippen LogP) is 2.95. The van der Waals surface area contributed by atoms with Crippen LogP contribution in [0.1, 0.15) is 30.7 Å². The molecule has 1 unspecified atom stereocenters. The molecule has 0 bridgehead atoms. The van der Waals surface area contributed by atoms with Crippen LogP contribution >= 0.6 is 0 Å². The number of carbonyl (C=O) groups excluding carboxylic acids is 1. The van der Waals surface area contributed by atoms with Gasteiger partial charge in [-0.15, -0.1) is 0 Å². The first-order valence-electron chi connectivity index (χ1n) is 10.7. The van der Waals surface area contributed by atoms with Crippen molar-refractivity contribution >= 4 is 11.9 Å². The second-order valence-electron chi connectivity index (χ2n) is 8.59. The second-order valence-corrected chi connectivity index (χ2v) is 8.59. The minimum Gasteiger partial charge on any atom is -0.460 e. The number of hydrogen-bond donors (Lipinski definition) is 0. The normalized spacial score (nSPS) is 20.3. The summed E-state index contributed by atoms with van der Waals surface area (Å²) in [6.45, 7) is 6.12. The number of aryl methyl sites for hydroxylation is 2. The zero-order valence-corrected chi connectivity index (χ0v) is 17.9. The van der Waals surface area contributed by atoms with Crippen LogP contribution in [0.4, 0.5) is 5.95 Å². The maximum absolute atomic E-state index is 12.7. The number of pyridine rings is 1. The van der Waals surface area contributed by atoms with Crippen LogP contribution in [0.25, 0.3) is 11.3 Å². The van der Waals surface area contributed by atoms with Crippen LogP contribution in [-0.4, -0.2) is 49.7 Å². The van der Waals surface area contributed by atoms with Gasteiger partial charge in [0.05, 0.1) is 24.0 Å². The Kier molecular flexibility index (Phi) is 4.92. The van der Waals surface area contributed by atoms with Crippen LogP contribution in [0.5, 0.6) is 0 Å². The molecule has 0 N–H and O–H groups in total. The standard InChI is InChI=1S/C23H26N6O2/c1-16-3-4-19(17(2)26-16)20-5-8-25-22(27-20)29-10-6-23(7-11-29)13-18(31-21(23)30)14-28-12-9-24-15-28/h3-5,8-9,12,15,18H,6-7,10-11,13-14H2,1-2H3. The Labute approximate surface area is 181 Å². The van der Waals surface area contributed by atoms with E-state index in [-0.39, 0.29) is 12.1 Å². The largest absolute Gasteiger partial charge is 0.460 e. The fraction of sp³-hybridized carbons (Fsp3) is 0.435. The van der Waals surface area contributed by atoms with E-state index in [1.165, 1.54) is 0 Å². The SMILES string of the molecule is Cc1ccc(-c2ccnc(N3CCC4(CC3)CC(Cn3ccnc3)OC4=O)n2)c(C)n1. The van der Waals surface area contributed by atoms with Crippen molar-refractivity contribution in [3.8, 4) is 11.3 Å². The van der Waals surface area contributed by atoms with Crippen molar-refractivity contribution in [1.29, 1.82) is 0 Å². The van der Waals surface area contributed by atoms with E-state index in [0.717, 1.165) is 55.0 Å². The molecular formula is C23H26N6O2. The highest BCUT2D eigenvalue weighted by Gasteiger charge is 2.50. The fourth-order valence-electron chi connectivity index (χ4n) is 4.72. The lowest BCUT2D eigenvalue weighted by Gasteiger charge is -2.36. The number of anilines is 1. The van der Waals surface area contributed by atoms with Gasteiger partial charge in [0, 0.05) is 55.1 Å². The lowest BCUT2D eigenvalue weighted by molar-refractivity contribution is -0.150. The molecule has 2 saturated heterocycles. The van der Waals surface area contributed by atoms with Crippen LogP contribution in [-0.2, 0) is 16.1 Å². The summed E-state index contributed by atoms with van der Waals surface area (Å²) in [5.41, 5.74) is 3.45. The molecule has 1 atom stereocenters. The van der Waals surface area contributed by atoms with E-state index in [4.69, 9.17) is 9.72 Å². The molecule has 3 aromatic heterocycles. The smallest absolute Gasteiger partial charge is 0.312 e. The monoisotopic (exact) mass is 418 g/mol. The van der Waals surface area contributed by atoms with Gasteiger partial charge in [0.15, 0.2) is 0 Å². The number of aromatic nitrogens is 5. The molecule has 2 aliphatic rings. The number of cyclic esters (lactones) is 1. The summed E-state index contributed by atoms with van der Waals surface area (Å²) in [7, 11) is 0. The average molecular weight is 419 g/mol. The minimum atomic E-state index is -0.392. The molecule has 2 fully saturated rings. The van der Waals surface area contributed by atoms with Crippen molar-refractivity contribution in [3.63, 3.8) is 0 Å². The maximum Gasteiger partial charge on any atom is 0.312 e. The molecule has 0 saturated carbocycles. The lowest BCUT2D eigenvalue weighted by Crippen LogP contribution is -2.43. The summed E-state index contributed by atoms with van der Waals surface area (Å²) in [5.74, 6) is 0.641. The van der Waals surface area contributed by atoms with E-state index in [1.807, 2.05) is 36.7 Å². The summed E-state index contributed by atoms with van der Waals surface area (Å²) in [5, 5.41) is 0. The maximum atomic E-state index is 12.7. The van der Waals surface area contributed by atoms with Gasteiger partial charge in [-0.05, 0) is 44.9 Å². The number of hydrogen-bond acceptors (Lipinski definition) is 7. The van der Waals surface area contributed by atoms with Crippen molar-refractivity contribution in [2.24, 2.45) is 5.41 Å². The Balaban J connectivity index is 1.28. The van der Waals surface area contributed by atoms with E-state index in [2.05, 4.69) is 25.9 Å². The average Bonchev–Trinajstić information content (AvgIpc) is 3.37. The molecule has 31 heavy (non-hydrogen) atoms.